The smallest absolute Gasteiger partial charge is 0.0383 e. The lowest BCUT2D eigenvalue weighted by Gasteiger charge is -2.34. The van der Waals surface area contributed by atoms with E-state index < -0.39 is 0 Å². The van der Waals surface area contributed by atoms with Crippen molar-refractivity contribution in [1.29, 1.82) is 0 Å². The summed E-state index contributed by atoms with van der Waals surface area (Å²) in [6.45, 7) is 0. The Kier molecular flexibility index (Phi) is 5.78. The van der Waals surface area contributed by atoms with Crippen LogP contribution < -0.4 is 10.6 Å². The molecule has 0 heterocycles. The Labute approximate surface area is 158 Å². The maximum absolute atomic E-state index is 3.84. The normalized spacial score (nSPS) is 26.0. The van der Waals surface area contributed by atoms with Crippen LogP contribution in [0, 0.1) is 5.92 Å². The molecule has 138 valence electrons. The molecule has 3 aliphatic carbocycles. The van der Waals surface area contributed by atoms with E-state index in [1.165, 1.54) is 81.3 Å². The van der Waals surface area contributed by atoms with Gasteiger partial charge in [0.1, 0.15) is 0 Å². The summed E-state index contributed by atoms with van der Waals surface area (Å²) in [5.74, 6) is 0.672. The van der Waals surface area contributed by atoms with Gasteiger partial charge in [-0.3, -0.25) is 0 Å². The monoisotopic (exact) mass is 348 g/mol. The summed E-state index contributed by atoms with van der Waals surface area (Å²) in [5, 5.41) is 7.43. The van der Waals surface area contributed by atoms with Gasteiger partial charge in [0.05, 0.1) is 0 Å². The zero-order valence-electron chi connectivity index (χ0n) is 15.8. The highest BCUT2D eigenvalue weighted by molar-refractivity contribution is 5.56. The summed E-state index contributed by atoms with van der Waals surface area (Å²) in [7, 11) is 0. The van der Waals surface area contributed by atoms with Gasteiger partial charge in [-0.25, -0.2) is 0 Å². The van der Waals surface area contributed by atoms with Crippen molar-refractivity contribution in [3.8, 4) is 0 Å². The molecule has 0 amide bonds. The molecule has 0 radical (unpaired) electrons. The predicted octanol–water partition coefficient (Wildman–Crippen LogP) is 6.80. The second-order valence-electron chi connectivity index (χ2n) is 8.00. The molecule has 2 N–H and O–H groups in total. The third-order valence-electron chi connectivity index (χ3n) is 6.05. The van der Waals surface area contributed by atoms with Crippen LogP contribution in [-0.2, 0) is 0 Å². The molecule has 2 nitrogen and oxygen atoms in total. The lowest BCUT2D eigenvalue weighted by molar-refractivity contribution is 0.370. The van der Waals surface area contributed by atoms with Gasteiger partial charge in [-0.1, -0.05) is 37.1 Å². The molecule has 0 aromatic heterocycles. The van der Waals surface area contributed by atoms with Crippen LogP contribution in [0.5, 0.6) is 0 Å². The maximum atomic E-state index is 3.84. The largest absolute Gasteiger partial charge is 0.382 e. The van der Waals surface area contributed by atoms with Crippen LogP contribution in [0.15, 0.2) is 59.8 Å². The minimum absolute atomic E-state index is 0.567. The van der Waals surface area contributed by atoms with Crippen LogP contribution in [0.3, 0.4) is 0 Å². The van der Waals surface area contributed by atoms with Crippen molar-refractivity contribution in [1.82, 2.24) is 0 Å². The minimum Gasteiger partial charge on any atom is -0.382 e. The second-order valence-corrected chi connectivity index (χ2v) is 8.00. The predicted molar refractivity (Wildman–Crippen MR) is 112 cm³/mol. The fraction of sp³-hybridized carbons (Fsp3) is 0.500. The fourth-order valence-corrected chi connectivity index (χ4v) is 4.61. The minimum atomic E-state index is 0.567. The standard InChI is InChI=1S/C24H32N2/c1-3-9-19(10-4-1)23-13-7-8-14-24(23)26-22-17-15-21(16-18-22)25-20-11-5-2-6-12-20/h3,9-11,15-18,23-26H,1-2,4-8,12-14H2/t23-,24?/m0/s1. The van der Waals surface area contributed by atoms with Gasteiger partial charge in [-0.2, -0.15) is 0 Å². The maximum Gasteiger partial charge on any atom is 0.0383 e. The number of anilines is 2. The molecule has 0 spiro atoms. The van der Waals surface area contributed by atoms with Crippen molar-refractivity contribution in [2.45, 2.75) is 70.3 Å². The zero-order valence-corrected chi connectivity index (χ0v) is 15.8. The van der Waals surface area contributed by atoms with Crippen molar-refractivity contribution in [3.63, 3.8) is 0 Å². The average molecular weight is 349 g/mol. The molecular weight excluding hydrogens is 316 g/mol. The summed E-state index contributed by atoms with van der Waals surface area (Å²) in [4.78, 5) is 0. The molecule has 0 aliphatic heterocycles. The molecule has 1 aromatic carbocycles. The zero-order chi connectivity index (χ0) is 17.6. The number of hydrogen-bond donors (Lipinski definition) is 2. The Hall–Kier alpha value is -1.96. The molecule has 2 heteroatoms. The Balaban J connectivity index is 1.39. The van der Waals surface area contributed by atoms with E-state index in [1.807, 2.05) is 0 Å². The van der Waals surface area contributed by atoms with E-state index in [0.717, 1.165) is 0 Å². The van der Waals surface area contributed by atoms with Gasteiger partial charge in [0, 0.05) is 29.0 Å². The van der Waals surface area contributed by atoms with Crippen LogP contribution in [-0.4, -0.2) is 6.04 Å². The third-order valence-corrected chi connectivity index (χ3v) is 6.05. The first-order valence-electron chi connectivity index (χ1n) is 10.6. The molecule has 1 aromatic rings. The van der Waals surface area contributed by atoms with Crippen LogP contribution in [0.4, 0.5) is 11.4 Å². The van der Waals surface area contributed by atoms with Crippen molar-refractivity contribution >= 4 is 11.4 Å². The van der Waals surface area contributed by atoms with E-state index in [9.17, 15) is 0 Å². The van der Waals surface area contributed by atoms with Gasteiger partial charge in [0.15, 0.2) is 0 Å². The molecule has 1 saturated carbocycles. The summed E-state index contributed by atoms with van der Waals surface area (Å²) in [6, 6.07) is 9.48. The highest BCUT2D eigenvalue weighted by Crippen LogP contribution is 2.34. The Morgan fingerprint density at radius 3 is 2.38 bits per heavy atom. The molecular formula is C24H32N2. The molecule has 3 aliphatic rings. The van der Waals surface area contributed by atoms with E-state index in [4.69, 9.17) is 0 Å². The Morgan fingerprint density at radius 1 is 0.769 bits per heavy atom. The van der Waals surface area contributed by atoms with E-state index in [-0.39, 0.29) is 0 Å². The lowest BCUT2D eigenvalue weighted by Crippen LogP contribution is -2.33. The first-order chi connectivity index (χ1) is 12.9. The third kappa shape index (κ3) is 4.41. The van der Waals surface area contributed by atoms with E-state index >= 15 is 0 Å². The molecule has 0 saturated heterocycles. The van der Waals surface area contributed by atoms with E-state index in [0.29, 0.717) is 12.0 Å². The topological polar surface area (TPSA) is 24.1 Å². The number of nitrogens with one attached hydrogen (secondary N) is 2. The first kappa shape index (κ1) is 17.5. The van der Waals surface area contributed by atoms with Crippen molar-refractivity contribution in [2.24, 2.45) is 5.92 Å². The van der Waals surface area contributed by atoms with Crippen molar-refractivity contribution in [3.05, 3.63) is 59.8 Å². The number of rotatable bonds is 5. The van der Waals surface area contributed by atoms with Gasteiger partial charge >= 0.3 is 0 Å². The Morgan fingerprint density at radius 2 is 1.62 bits per heavy atom. The lowest BCUT2D eigenvalue weighted by atomic mass is 9.78. The number of hydrogen-bond acceptors (Lipinski definition) is 2. The first-order valence-corrected chi connectivity index (χ1v) is 10.6. The van der Waals surface area contributed by atoms with Crippen LogP contribution in [0.2, 0.25) is 0 Å². The molecule has 4 rings (SSSR count). The average Bonchev–Trinajstić information content (AvgIpc) is 2.71. The van der Waals surface area contributed by atoms with Crippen LogP contribution >= 0.6 is 0 Å². The van der Waals surface area contributed by atoms with E-state index in [1.54, 1.807) is 5.57 Å². The number of benzene rings is 1. The quantitative estimate of drug-likeness (QED) is 0.611. The highest BCUT2D eigenvalue weighted by Gasteiger charge is 2.27. The van der Waals surface area contributed by atoms with Crippen LogP contribution in [0.25, 0.3) is 0 Å². The number of allylic oxidation sites excluding steroid dienone is 5. The summed E-state index contributed by atoms with van der Waals surface area (Å²) in [5.41, 5.74) is 5.42. The summed E-state index contributed by atoms with van der Waals surface area (Å²) in [6.07, 6.45) is 22.3. The van der Waals surface area contributed by atoms with Gasteiger partial charge in [-0.05, 0) is 81.2 Å². The van der Waals surface area contributed by atoms with Crippen molar-refractivity contribution < 1.29 is 0 Å². The van der Waals surface area contributed by atoms with Gasteiger partial charge in [0.25, 0.3) is 0 Å². The highest BCUT2D eigenvalue weighted by atomic mass is 14.9. The van der Waals surface area contributed by atoms with Gasteiger partial charge in [0.2, 0.25) is 0 Å². The van der Waals surface area contributed by atoms with Gasteiger partial charge < -0.3 is 10.6 Å². The van der Waals surface area contributed by atoms with E-state index in [2.05, 4.69) is 59.2 Å². The summed E-state index contributed by atoms with van der Waals surface area (Å²) >= 11 is 0. The fourth-order valence-electron chi connectivity index (χ4n) is 4.61. The molecule has 1 unspecified atom stereocenters. The molecule has 2 atom stereocenters. The second kappa shape index (κ2) is 8.62. The Bertz CT molecular complexity index is 681. The van der Waals surface area contributed by atoms with Crippen LogP contribution in [0.1, 0.15) is 64.2 Å². The van der Waals surface area contributed by atoms with Gasteiger partial charge in [-0.15, -0.1) is 0 Å². The molecule has 1 fully saturated rings. The molecule has 0 bridgehead atoms. The SMILES string of the molecule is C1=CC([C@@H]2CCCCC2Nc2ccc(NC3=CCCCC3)cc2)=CCC1. The summed E-state index contributed by atoms with van der Waals surface area (Å²) < 4.78 is 0. The molecule has 26 heavy (non-hydrogen) atoms. The van der Waals surface area contributed by atoms with Crippen molar-refractivity contribution in [2.75, 3.05) is 10.6 Å².